The van der Waals surface area contributed by atoms with Crippen molar-refractivity contribution >= 4 is 5.97 Å². The van der Waals surface area contributed by atoms with Gasteiger partial charge >= 0.3 is 5.97 Å². The zero-order valence-corrected chi connectivity index (χ0v) is 12.1. The molecule has 108 valence electrons. The van der Waals surface area contributed by atoms with Crippen molar-refractivity contribution in [3.05, 3.63) is 70.8 Å². The van der Waals surface area contributed by atoms with Gasteiger partial charge in [-0.05, 0) is 30.0 Å². The Kier molecular flexibility index (Phi) is 3.76. The van der Waals surface area contributed by atoms with E-state index in [2.05, 4.69) is 36.1 Å². The first-order valence-corrected chi connectivity index (χ1v) is 7.22. The summed E-state index contributed by atoms with van der Waals surface area (Å²) >= 11 is 0. The summed E-state index contributed by atoms with van der Waals surface area (Å²) in [5.41, 5.74) is 4.77. The highest BCUT2D eigenvalue weighted by Gasteiger charge is 2.31. The molecule has 1 atom stereocenters. The Balaban J connectivity index is 1.87. The first kappa shape index (κ1) is 13.8. The summed E-state index contributed by atoms with van der Waals surface area (Å²) in [6, 6.07) is 16.0. The van der Waals surface area contributed by atoms with E-state index in [1.807, 2.05) is 24.3 Å². The van der Waals surface area contributed by atoms with Crippen LogP contribution >= 0.6 is 0 Å². The number of aliphatic carboxylic acids is 1. The topological polar surface area (TPSA) is 40.5 Å². The Bertz CT molecular complexity index is 666. The van der Waals surface area contributed by atoms with Gasteiger partial charge < -0.3 is 5.11 Å². The molecule has 3 heteroatoms. The van der Waals surface area contributed by atoms with E-state index in [0.717, 1.165) is 5.56 Å². The Morgan fingerprint density at radius 3 is 2.67 bits per heavy atom. The van der Waals surface area contributed by atoms with Gasteiger partial charge in [0.2, 0.25) is 0 Å². The van der Waals surface area contributed by atoms with Gasteiger partial charge in [0.15, 0.2) is 0 Å². The molecule has 1 heterocycles. The maximum absolute atomic E-state index is 11.6. The molecular weight excluding hydrogens is 262 g/mol. The number of nitrogens with zero attached hydrogens (tertiary/aromatic N) is 1. The average molecular weight is 281 g/mol. The van der Waals surface area contributed by atoms with Crippen molar-refractivity contribution in [2.24, 2.45) is 0 Å². The van der Waals surface area contributed by atoms with E-state index in [1.165, 1.54) is 16.7 Å². The second-order valence-electron chi connectivity index (χ2n) is 5.72. The summed E-state index contributed by atoms with van der Waals surface area (Å²) in [6.45, 7) is 3.43. The van der Waals surface area contributed by atoms with Crippen LogP contribution in [0.5, 0.6) is 0 Å². The molecule has 2 aromatic rings. The molecule has 0 bridgehead atoms. The summed E-state index contributed by atoms with van der Waals surface area (Å²) in [5, 5.41) is 9.53. The lowest BCUT2D eigenvalue weighted by Gasteiger charge is -2.34. The minimum Gasteiger partial charge on any atom is -0.480 e. The molecule has 0 saturated heterocycles. The predicted octanol–water partition coefficient (Wildman–Crippen LogP) is 3.01. The fraction of sp³-hybridized carbons (Fsp3) is 0.278. The van der Waals surface area contributed by atoms with E-state index in [4.69, 9.17) is 0 Å². The number of carbonyl (C=O) groups is 1. The molecule has 0 amide bonds. The van der Waals surface area contributed by atoms with Crippen molar-refractivity contribution in [3.63, 3.8) is 0 Å². The third-order valence-corrected chi connectivity index (χ3v) is 4.10. The average Bonchev–Trinajstić information content (AvgIpc) is 2.46. The fourth-order valence-electron chi connectivity index (χ4n) is 3.03. The maximum atomic E-state index is 11.6. The van der Waals surface area contributed by atoms with E-state index in [9.17, 15) is 9.90 Å². The second kappa shape index (κ2) is 5.70. The van der Waals surface area contributed by atoms with Crippen LogP contribution in [0, 0.1) is 6.92 Å². The van der Waals surface area contributed by atoms with Gasteiger partial charge in [-0.25, -0.2) is 0 Å². The highest BCUT2D eigenvalue weighted by Crippen LogP contribution is 2.25. The minimum absolute atomic E-state index is 0.444. The molecule has 1 unspecified atom stereocenters. The molecule has 0 radical (unpaired) electrons. The molecule has 3 nitrogen and oxygen atoms in total. The quantitative estimate of drug-likeness (QED) is 0.940. The zero-order valence-electron chi connectivity index (χ0n) is 12.1. The third-order valence-electron chi connectivity index (χ3n) is 4.10. The number of hydrogen-bond acceptors (Lipinski definition) is 2. The monoisotopic (exact) mass is 281 g/mol. The van der Waals surface area contributed by atoms with Crippen molar-refractivity contribution in [3.8, 4) is 0 Å². The minimum atomic E-state index is -0.739. The van der Waals surface area contributed by atoms with Crippen molar-refractivity contribution in [2.45, 2.75) is 32.5 Å². The SMILES string of the molecule is Cc1cccc(CN2Cc3ccccc3CC2C(=O)O)c1. The number of benzene rings is 2. The van der Waals surface area contributed by atoms with E-state index in [1.54, 1.807) is 0 Å². The Hall–Kier alpha value is -2.13. The number of carboxylic acids is 1. The van der Waals surface area contributed by atoms with Crippen LogP contribution in [-0.2, 0) is 24.3 Å². The zero-order chi connectivity index (χ0) is 14.8. The molecule has 0 aromatic heterocycles. The predicted molar refractivity (Wildman–Crippen MR) is 82.0 cm³/mol. The van der Waals surface area contributed by atoms with Crippen LogP contribution in [0.15, 0.2) is 48.5 Å². The molecule has 0 fully saturated rings. The maximum Gasteiger partial charge on any atom is 0.321 e. The van der Waals surface area contributed by atoms with Crippen molar-refractivity contribution in [1.29, 1.82) is 0 Å². The van der Waals surface area contributed by atoms with E-state index in [0.29, 0.717) is 19.5 Å². The highest BCUT2D eigenvalue weighted by atomic mass is 16.4. The molecule has 2 aromatic carbocycles. The Labute approximate surface area is 124 Å². The van der Waals surface area contributed by atoms with Crippen LogP contribution in [0.4, 0.5) is 0 Å². The standard InChI is InChI=1S/C18H19NO2/c1-13-5-4-6-14(9-13)11-19-12-16-8-3-2-7-15(16)10-17(19)18(20)21/h2-9,17H,10-12H2,1H3,(H,20,21). The summed E-state index contributed by atoms with van der Waals surface area (Å²) in [4.78, 5) is 13.6. The molecule has 0 spiro atoms. The van der Waals surface area contributed by atoms with Crippen molar-refractivity contribution in [2.75, 3.05) is 0 Å². The van der Waals surface area contributed by atoms with Crippen LogP contribution in [0.3, 0.4) is 0 Å². The number of hydrogen-bond donors (Lipinski definition) is 1. The third kappa shape index (κ3) is 2.98. The summed E-state index contributed by atoms with van der Waals surface area (Å²) < 4.78 is 0. The van der Waals surface area contributed by atoms with Gasteiger partial charge in [-0.2, -0.15) is 0 Å². The molecule has 1 N–H and O–H groups in total. The van der Waals surface area contributed by atoms with Gasteiger partial charge in [-0.3, -0.25) is 9.69 Å². The molecule has 21 heavy (non-hydrogen) atoms. The number of rotatable bonds is 3. The van der Waals surface area contributed by atoms with Gasteiger partial charge in [-0.15, -0.1) is 0 Å². The first-order valence-electron chi connectivity index (χ1n) is 7.22. The molecule has 0 saturated carbocycles. The second-order valence-corrected chi connectivity index (χ2v) is 5.72. The molecule has 1 aliphatic heterocycles. The molecule has 3 rings (SSSR count). The highest BCUT2D eigenvalue weighted by molar-refractivity contribution is 5.74. The van der Waals surface area contributed by atoms with Gasteiger partial charge in [-0.1, -0.05) is 54.1 Å². The lowest BCUT2D eigenvalue weighted by Crippen LogP contribution is -2.45. The van der Waals surface area contributed by atoms with Crippen LogP contribution in [0.1, 0.15) is 22.3 Å². The summed E-state index contributed by atoms with van der Waals surface area (Å²) in [5.74, 6) is -0.739. The lowest BCUT2D eigenvalue weighted by molar-refractivity contribution is -0.144. The van der Waals surface area contributed by atoms with E-state index >= 15 is 0 Å². The van der Waals surface area contributed by atoms with Crippen LogP contribution in [0.25, 0.3) is 0 Å². The van der Waals surface area contributed by atoms with Crippen molar-refractivity contribution in [1.82, 2.24) is 4.90 Å². The van der Waals surface area contributed by atoms with Gasteiger partial charge in [0, 0.05) is 13.1 Å². The fourth-order valence-corrected chi connectivity index (χ4v) is 3.03. The first-order chi connectivity index (χ1) is 10.1. The smallest absolute Gasteiger partial charge is 0.321 e. The van der Waals surface area contributed by atoms with Crippen molar-refractivity contribution < 1.29 is 9.90 Å². The van der Waals surface area contributed by atoms with Gasteiger partial charge in [0.05, 0.1) is 0 Å². The molecule has 0 aliphatic carbocycles. The van der Waals surface area contributed by atoms with E-state index < -0.39 is 12.0 Å². The van der Waals surface area contributed by atoms with E-state index in [-0.39, 0.29) is 0 Å². The molecular formula is C18H19NO2. The summed E-state index contributed by atoms with van der Waals surface area (Å²) in [6.07, 6.45) is 0.581. The lowest BCUT2D eigenvalue weighted by atomic mass is 9.93. The largest absolute Gasteiger partial charge is 0.480 e. The van der Waals surface area contributed by atoms with Gasteiger partial charge in [0.25, 0.3) is 0 Å². The number of aryl methyl sites for hydroxylation is 1. The molecule has 1 aliphatic rings. The number of carboxylic acid groups (broad SMARTS) is 1. The van der Waals surface area contributed by atoms with Crippen LogP contribution in [-0.4, -0.2) is 22.0 Å². The Morgan fingerprint density at radius 2 is 1.95 bits per heavy atom. The van der Waals surface area contributed by atoms with Gasteiger partial charge in [0.1, 0.15) is 6.04 Å². The Morgan fingerprint density at radius 1 is 1.19 bits per heavy atom. The number of fused-ring (bicyclic) bond motifs is 1. The van der Waals surface area contributed by atoms with Crippen LogP contribution in [0.2, 0.25) is 0 Å². The normalized spacial score (nSPS) is 18.2. The van der Waals surface area contributed by atoms with Crippen LogP contribution < -0.4 is 0 Å². The summed E-state index contributed by atoms with van der Waals surface area (Å²) in [7, 11) is 0.